The lowest BCUT2D eigenvalue weighted by molar-refractivity contribution is 0.468. The van der Waals surface area contributed by atoms with Crippen LogP contribution in [-0.2, 0) is 6.42 Å². The molecule has 0 aliphatic rings. The Balaban J connectivity index is 2.31. The van der Waals surface area contributed by atoms with Crippen LogP contribution in [0.2, 0.25) is 5.02 Å². The number of nitrogens with one attached hydrogen (secondary N) is 1. The van der Waals surface area contributed by atoms with Crippen LogP contribution >= 0.6 is 11.6 Å². The summed E-state index contributed by atoms with van der Waals surface area (Å²) in [5.41, 5.74) is 2.35. The zero-order chi connectivity index (χ0) is 15.4. The van der Waals surface area contributed by atoms with Gasteiger partial charge < -0.3 is 5.32 Å². The maximum Gasteiger partial charge on any atom is 0.138 e. The van der Waals surface area contributed by atoms with E-state index in [2.05, 4.69) is 49.2 Å². The Kier molecular flexibility index (Phi) is 5.37. The highest BCUT2D eigenvalue weighted by molar-refractivity contribution is 6.31. The average Bonchev–Trinajstić information content (AvgIpc) is 2.90. The molecule has 1 aromatic carbocycles. The van der Waals surface area contributed by atoms with Crippen molar-refractivity contribution >= 4 is 11.6 Å². The number of nitrogens with zero attached hydrogens (tertiary/aromatic N) is 3. The summed E-state index contributed by atoms with van der Waals surface area (Å²) in [5.74, 6) is 0.996. The fourth-order valence-electron chi connectivity index (χ4n) is 2.57. The molecule has 0 saturated heterocycles. The molecule has 2 aromatic rings. The van der Waals surface area contributed by atoms with Crippen LogP contribution in [0.1, 0.15) is 49.8 Å². The highest BCUT2D eigenvalue weighted by Gasteiger charge is 2.18. The van der Waals surface area contributed by atoms with E-state index in [1.54, 1.807) is 6.33 Å². The van der Waals surface area contributed by atoms with Crippen molar-refractivity contribution in [2.24, 2.45) is 0 Å². The number of likely N-dealkylation sites (N-methyl/N-ethyl adjacent to an activating group) is 1. The Bertz CT molecular complexity index is 592. The summed E-state index contributed by atoms with van der Waals surface area (Å²) in [5, 5.41) is 8.65. The highest BCUT2D eigenvalue weighted by atomic mass is 35.5. The lowest BCUT2D eigenvalue weighted by Gasteiger charge is -2.21. The third kappa shape index (κ3) is 3.63. The predicted octanol–water partition coefficient (Wildman–Crippen LogP) is 3.71. The van der Waals surface area contributed by atoms with E-state index in [0.29, 0.717) is 6.04 Å². The van der Waals surface area contributed by atoms with Gasteiger partial charge in [0.2, 0.25) is 0 Å². The molecule has 0 aliphatic heterocycles. The molecule has 0 amide bonds. The maximum atomic E-state index is 6.26. The van der Waals surface area contributed by atoms with Crippen molar-refractivity contribution in [1.82, 2.24) is 20.1 Å². The molecule has 1 atom stereocenters. The van der Waals surface area contributed by atoms with Gasteiger partial charge in [0.15, 0.2) is 0 Å². The Hall–Kier alpha value is -1.39. The van der Waals surface area contributed by atoms with Crippen LogP contribution in [0, 0.1) is 6.92 Å². The van der Waals surface area contributed by atoms with E-state index in [1.165, 1.54) is 5.56 Å². The van der Waals surface area contributed by atoms with Crippen LogP contribution < -0.4 is 5.32 Å². The van der Waals surface area contributed by atoms with E-state index in [1.807, 2.05) is 16.8 Å². The zero-order valence-electron chi connectivity index (χ0n) is 13.1. The van der Waals surface area contributed by atoms with Crippen LogP contribution in [0.3, 0.4) is 0 Å². The molecule has 21 heavy (non-hydrogen) atoms. The number of halogens is 1. The van der Waals surface area contributed by atoms with Gasteiger partial charge in [-0.2, -0.15) is 5.10 Å². The second-order valence-corrected chi connectivity index (χ2v) is 5.89. The van der Waals surface area contributed by atoms with Crippen LogP contribution in [0.5, 0.6) is 0 Å². The van der Waals surface area contributed by atoms with Gasteiger partial charge in [-0.1, -0.05) is 30.7 Å². The van der Waals surface area contributed by atoms with Crippen molar-refractivity contribution in [1.29, 1.82) is 0 Å². The van der Waals surface area contributed by atoms with Gasteiger partial charge in [0.05, 0.1) is 0 Å². The first-order chi connectivity index (χ1) is 10.0. The Morgan fingerprint density at radius 3 is 2.76 bits per heavy atom. The van der Waals surface area contributed by atoms with E-state index in [-0.39, 0.29) is 6.04 Å². The van der Waals surface area contributed by atoms with Crippen LogP contribution in [0.15, 0.2) is 24.5 Å². The topological polar surface area (TPSA) is 42.7 Å². The summed E-state index contributed by atoms with van der Waals surface area (Å²) >= 11 is 6.26. The van der Waals surface area contributed by atoms with Gasteiger partial charge in [-0.25, -0.2) is 9.67 Å². The minimum Gasteiger partial charge on any atom is -0.310 e. The fraction of sp³-hybridized carbons (Fsp3) is 0.500. The second-order valence-electron chi connectivity index (χ2n) is 5.48. The number of hydrogen-bond donors (Lipinski definition) is 1. The van der Waals surface area contributed by atoms with Gasteiger partial charge in [-0.05, 0) is 44.5 Å². The van der Waals surface area contributed by atoms with Crippen LogP contribution in [0.4, 0.5) is 0 Å². The molecule has 1 unspecified atom stereocenters. The summed E-state index contributed by atoms with van der Waals surface area (Å²) in [6.45, 7) is 9.30. The molecule has 114 valence electrons. The lowest BCUT2D eigenvalue weighted by Crippen LogP contribution is -2.25. The molecule has 2 rings (SSSR count). The minimum absolute atomic E-state index is 0.190. The largest absolute Gasteiger partial charge is 0.310 e. The summed E-state index contributed by atoms with van der Waals surface area (Å²) in [6.07, 6.45) is 2.43. The third-order valence-corrected chi connectivity index (χ3v) is 4.07. The molecule has 1 N–H and O–H groups in total. The van der Waals surface area contributed by atoms with E-state index < -0.39 is 0 Å². The summed E-state index contributed by atoms with van der Waals surface area (Å²) in [4.78, 5) is 4.42. The van der Waals surface area contributed by atoms with E-state index in [4.69, 9.17) is 11.6 Å². The molecular formula is C16H23ClN4. The number of hydrogen-bond acceptors (Lipinski definition) is 3. The lowest BCUT2D eigenvalue weighted by atomic mass is 9.98. The molecule has 5 heteroatoms. The van der Waals surface area contributed by atoms with Gasteiger partial charge in [-0.3, -0.25) is 0 Å². The molecule has 0 aliphatic carbocycles. The van der Waals surface area contributed by atoms with E-state index in [9.17, 15) is 0 Å². The fourth-order valence-corrected chi connectivity index (χ4v) is 2.76. The quantitative estimate of drug-likeness (QED) is 0.884. The molecule has 1 heterocycles. The molecular weight excluding hydrogens is 284 g/mol. The van der Waals surface area contributed by atoms with Crippen molar-refractivity contribution < 1.29 is 0 Å². The van der Waals surface area contributed by atoms with Crippen molar-refractivity contribution in [2.45, 2.75) is 46.2 Å². The van der Waals surface area contributed by atoms with Crippen molar-refractivity contribution in [3.63, 3.8) is 0 Å². The van der Waals surface area contributed by atoms with Crippen LogP contribution in [-0.4, -0.2) is 21.3 Å². The summed E-state index contributed by atoms with van der Waals surface area (Å²) in [6, 6.07) is 6.56. The first-order valence-electron chi connectivity index (χ1n) is 7.41. The van der Waals surface area contributed by atoms with Gasteiger partial charge in [0.25, 0.3) is 0 Å². The molecule has 0 fully saturated rings. The van der Waals surface area contributed by atoms with Crippen molar-refractivity contribution in [3.8, 4) is 0 Å². The molecule has 0 spiro atoms. The van der Waals surface area contributed by atoms with Gasteiger partial charge in [-0.15, -0.1) is 0 Å². The monoisotopic (exact) mass is 306 g/mol. The molecule has 1 aromatic heterocycles. The number of benzene rings is 1. The minimum atomic E-state index is 0.190. The zero-order valence-corrected chi connectivity index (χ0v) is 13.9. The first kappa shape index (κ1) is 16.0. The number of aromatic nitrogens is 3. The first-order valence-corrected chi connectivity index (χ1v) is 7.79. The average molecular weight is 307 g/mol. The van der Waals surface area contributed by atoms with E-state index >= 15 is 0 Å². The van der Waals surface area contributed by atoms with Gasteiger partial charge in [0, 0.05) is 23.5 Å². The Morgan fingerprint density at radius 1 is 1.33 bits per heavy atom. The highest BCUT2D eigenvalue weighted by Crippen LogP contribution is 2.26. The van der Waals surface area contributed by atoms with Crippen molar-refractivity contribution in [2.75, 3.05) is 6.54 Å². The van der Waals surface area contributed by atoms with Crippen LogP contribution in [0.25, 0.3) is 0 Å². The standard InChI is InChI=1S/C16H23ClN4/c1-5-18-15(13-7-6-8-14(17)12(13)4)9-16-19-10-20-21(16)11(2)3/h6-8,10-11,15,18H,5,9H2,1-4H3. The summed E-state index contributed by atoms with van der Waals surface area (Å²) in [7, 11) is 0. The van der Waals surface area contributed by atoms with Gasteiger partial charge >= 0.3 is 0 Å². The summed E-state index contributed by atoms with van der Waals surface area (Å²) < 4.78 is 1.98. The molecule has 0 bridgehead atoms. The second kappa shape index (κ2) is 7.05. The Labute approximate surface area is 131 Å². The van der Waals surface area contributed by atoms with E-state index in [0.717, 1.165) is 29.4 Å². The Morgan fingerprint density at radius 2 is 2.10 bits per heavy atom. The molecule has 0 radical (unpaired) electrons. The molecule has 0 saturated carbocycles. The third-order valence-electron chi connectivity index (χ3n) is 3.66. The van der Waals surface area contributed by atoms with Crippen molar-refractivity contribution in [3.05, 3.63) is 46.5 Å². The predicted molar refractivity (Wildman–Crippen MR) is 86.7 cm³/mol. The molecule has 4 nitrogen and oxygen atoms in total. The number of rotatable bonds is 6. The smallest absolute Gasteiger partial charge is 0.138 e. The van der Waals surface area contributed by atoms with Gasteiger partial charge in [0.1, 0.15) is 12.2 Å². The normalized spacial score (nSPS) is 12.9. The SMILES string of the molecule is CCNC(Cc1ncnn1C(C)C)c1cccc(Cl)c1C. The maximum absolute atomic E-state index is 6.26.